The Morgan fingerprint density at radius 1 is 1.19 bits per heavy atom. The lowest BCUT2D eigenvalue weighted by atomic mass is 10.2. The summed E-state index contributed by atoms with van der Waals surface area (Å²) < 4.78 is 38.9. The zero-order valence-corrected chi connectivity index (χ0v) is 16.7. The van der Waals surface area contributed by atoms with Crippen molar-refractivity contribution >= 4 is 21.6 Å². The minimum atomic E-state index is -3.58. The molecule has 0 heterocycles. The third-order valence-corrected chi connectivity index (χ3v) is 6.20. The maximum Gasteiger partial charge on any atom is 0.282 e. The predicted octanol–water partition coefficient (Wildman–Crippen LogP) is 1.12. The predicted molar refractivity (Wildman–Crippen MR) is 102 cm³/mol. The van der Waals surface area contributed by atoms with Crippen molar-refractivity contribution in [2.24, 2.45) is 0 Å². The van der Waals surface area contributed by atoms with Crippen LogP contribution in [0.25, 0.3) is 0 Å². The Bertz CT molecular complexity index is 916. The number of quaternary nitrogens is 1. The number of halogens is 1. The van der Waals surface area contributed by atoms with Gasteiger partial charge >= 0.3 is 0 Å². The molecule has 0 aliphatic rings. The number of nitrogens with one attached hydrogen (secondary N) is 2. The zero-order valence-electron chi connectivity index (χ0n) is 15.9. The molecule has 1 unspecified atom stereocenters. The minimum absolute atomic E-state index is 0.110. The molecule has 2 aromatic rings. The van der Waals surface area contributed by atoms with Crippen molar-refractivity contribution in [3.63, 3.8) is 0 Å². The fourth-order valence-electron chi connectivity index (χ4n) is 2.54. The first-order chi connectivity index (χ1) is 12.6. The van der Waals surface area contributed by atoms with Gasteiger partial charge in [-0.1, -0.05) is 18.2 Å². The topological polar surface area (TPSA) is 70.9 Å². The van der Waals surface area contributed by atoms with Crippen LogP contribution in [0.2, 0.25) is 0 Å². The lowest BCUT2D eigenvalue weighted by Gasteiger charge is -2.21. The zero-order chi connectivity index (χ0) is 20.2. The number of nitrogens with zero attached hydrogens (tertiary/aromatic N) is 1. The summed E-state index contributed by atoms with van der Waals surface area (Å²) in [5.74, 6) is -0.556. The van der Waals surface area contributed by atoms with E-state index in [4.69, 9.17) is 0 Å². The smallest absolute Gasteiger partial charge is 0.282 e. The summed E-state index contributed by atoms with van der Waals surface area (Å²) >= 11 is 0. The number of anilines is 1. The van der Waals surface area contributed by atoms with Gasteiger partial charge in [0.1, 0.15) is 12.4 Å². The number of sulfonamides is 1. The second-order valence-electron chi connectivity index (χ2n) is 6.68. The molecule has 2 N–H and O–H groups in total. The Morgan fingerprint density at radius 3 is 2.48 bits per heavy atom. The summed E-state index contributed by atoms with van der Waals surface area (Å²) in [6.45, 7) is 2.26. The molecule has 2 rings (SSSR count). The van der Waals surface area contributed by atoms with Crippen LogP contribution in [-0.2, 0) is 21.4 Å². The van der Waals surface area contributed by atoms with Gasteiger partial charge in [0, 0.05) is 25.3 Å². The highest BCUT2D eigenvalue weighted by Crippen LogP contribution is 2.18. The van der Waals surface area contributed by atoms with Crippen molar-refractivity contribution in [2.75, 3.05) is 26.5 Å². The van der Waals surface area contributed by atoms with Gasteiger partial charge in [-0.25, -0.2) is 17.1 Å². The fraction of sp³-hybridized carbons (Fsp3) is 0.316. The van der Waals surface area contributed by atoms with Crippen LogP contribution in [-0.4, -0.2) is 45.8 Å². The highest BCUT2D eigenvalue weighted by Gasteiger charge is 2.23. The molecule has 146 valence electrons. The van der Waals surface area contributed by atoms with Gasteiger partial charge in [0.2, 0.25) is 10.0 Å². The maximum atomic E-state index is 13.3. The van der Waals surface area contributed by atoms with Gasteiger partial charge in [-0.15, -0.1) is 0 Å². The van der Waals surface area contributed by atoms with Crippen LogP contribution in [0.4, 0.5) is 10.1 Å². The maximum absolute atomic E-state index is 13.3. The van der Waals surface area contributed by atoms with Crippen molar-refractivity contribution in [1.29, 1.82) is 0 Å². The highest BCUT2D eigenvalue weighted by atomic mass is 32.2. The molecule has 0 spiro atoms. The molecule has 0 radical (unpaired) electrons. The first-order valence-corrected chi connectivity index (χ1v) is 9.95. The van der Waals surface area contributed by atoms with Gasteiger partial charge in [0.05, 0.1) is 11.9 Å². The third kappa shape index (κ3) is 5.35. The van der Waals surface area contributed by atoms with Gasteiger partial charge < -0.3 is 10.2 Å². The Balaban J connectivity index is 2.08. The van der Waals surface area contributed by atoms with Crippen LogP contribution >= 0.6 is 0 Å². The molecule has 0 aliphatic heterocycles. The van der Waals surface area contributed by atoms with E-state index < -0.39 is 16.1 Å². The first kappa shape index (κ1) is 21.0. The number of likely N-dealkylation sites (N-methyl/N-ethyl adjacent to an activating group) is 1. The first-order valence-electron chi connectivity index (χ1n) is 8.51. The molecule has 0 bridgehead atoms. The highest BCUT2D eigenvalue weighted by molar-refractivity contribution is 7.89. The van der Waals surface area contributed by atoms with Crippen molar-refractivity contribution in [3.8, 4) is 0 Å². The van der Waals surface area contributed by atoms with Crippen LogP contribution < -0.4 is 10.2 Å². The summed E-state index contributed by atoms with van der Waals surface area (Å²) in [7, 11) is 1.18. The molecular formula is C19H25FN3O3S+. The van der Waals surface area contributed by atoms with E-state index in [9.17, 15) is 17.6 Å². The molecule has 6 nitrogen and oxygen atoms in total. The van der Waals surface area contributed by atoms with Crippen LogP contribution in [0.15, 0.2) is 53.4 Å². The van der Waals surface area contributed by atoms with Crippen LogP contribution in [0, 0.1) is 5.82 Å². The van der Waals surface area contributed by atoms with E-state index in [-0.39, 0.29) is 16.6 Å². The van der Waals surface area contributed by atoms with Crippen LogP contribution in [0.5, 0.6) is 0 Å². The summed E-state index contributed by atoms with van der Waals surface area (Å²) in [5, 5.41) is 2.75. The van der Waals surface area contributed by atoms with E-state index in [1.165, 1.54) is 38.4 Å². The Hall–Kier alpha value is -2.29. The second-order valence-corrected chi connectivity index (χ2v) is 8.83. The SMILES string of the molecule is C[C@@H](C(=O)Nc1cccc(S(=O)(=O)N(C)C)c1)[NH+](C)Cc1cccc(F)c1. The van der Waals surface area contributed by atoms with Crippen LogP contribution in [0.1, 0.15) is 12.5 Å². The average molecular weight is 394 g/mol. The number of carbonyl (C=O) groups excluding carboxylic acids is 1. The van der Waals surface area contributed by atoms with Crippen molar-refractivity contribution in [2.45, 2.75) is 24.4 Å². The monoisotopic (exact) mass is 394 g/mol. The number of rotatable bonds is 7. The fourth-order valence-corrected chi connectivity index (χ4v) is 3.49. The molecule has 1 amide bonds. The molecule has 0 aromatic heterocycles. The Labute approximate surface area is 159 Å². The molecule has 2 atom stereocenters. The van der Waals surface area contributed by atoms with E-state index in [2.05, 4.69) is 5.32 Å². The van der Waals surface area contributed by atoms with E-state index in [1.54, 1.807) is 25.1 Å². The number of hydrogen-bond donors (Lipinski definition) is 2. The largest absolute Gasteiger partial charge is 0.324 e. The molecule has 2 aromatic carbocycles. The van der Waals surface area contributed by atoms with Gasteiger partial charge in [-0.05, 0) is 37.3 Å². The molecule has 0 fully saturated rings. The summed E-state index contributed by atoms with van der Waals surface area (Å²) in [5.41, 5.74) is 1.21. The molecule has 8 heteroatoms. The van der Waals surface area contributed by atoms with E-state index >= 15 is 0 Å². The number of carbonyl (C=O) groups is 1. The van der Waals surface area contributed by atoms with Gasteiger partial charge in [-0.3, -0.25) is 4.79 Å². The number of amides is 1. The lowest BCUT2D eigenvalue weighted by Crippen LogP contribution is -3.12. The van der Waals surface area contributed by atoms with Crippen molar-refractivity contribution < 1.29 is 22.5 Å². The lowest BCUT2D eigenvalue weighted by molar-refractivity contribution is -0.907. The quantitative estimate of drug-likeness (QED) is 0.739. The van der Waals surface area contributed by atoms with Gasteiger partial charge in [-0.2, -0.15) is 0 Å². The van der Waals surface area contributed by atoms with E-state index in [0.717, 1.165) is 14.8 Å². The summed E-state index contributed by atoms with van der Waals surface area (Å²) in [6.07, 6.45) is 0. The van der Waals surface area contributed by atoms with Gasteiger partial charge in [0.25, 0.3) is 5.91 Å². The molecule has 0 aliphatic carbocycles. The van der Waals surface area contributed by atoms with Crippen LogP contribution in [0.3, 0.4) is 0 Å². The molecule has 27 heavy (non-hydrogen) atoms. The average Bonchev–Trinajstić information content (AvgIpc) is 2.61. The normalized spacial score (nSPS) is 14.0. The van der Waals surface area contributed by atoms with Crippen molar-refractivity contribution in [3.05, 3.63) is 59.9 Å². The van der Waals surface area contributed by atoms with E-state index in [0.29, 0.717) is 12.2 Å². The molecule has 0 saturated heterocycles. The third-order valence-electron chi connectivity index (χ3n) is 4.38. The standard InChI is InChI=1S/C19H24FN3O3S/c1-14(23(4)13-15-7-5-8-16(20)11-15)19(24)21-17-9-6-10-18(12-17)27(25,26)22(2)3/h5-12,14H,13H2,1-4H3,(H,21,24)/p+1/t14-/m0/s1. The summed E-state index contributed by atoms with van der Waals surface area (Å²) in [6, 6.07) is 12.0. The van der Waals surface area contributed by atoms with E-state index in [1.807, 2.05) is 13.1 Å². The van der Waals surface area contributed by atoms with Gasteiger partial charge in [0.15, 0.2) is 6.04 Å². The molecule has 0 saturated carbocycles. The minimum Gasteiger partial charge on any atom is -0.324 e. The van der Waals surface area contributed by atoms with Crippen molar-refractivity contribution in [1.82, 2.24) is 4.31 Å². The molecular weight excluding hydrogens is 369 g/mol. The Kier molecular flexibility index (Phi) is 6.69. The Morgan fingerprint density at radius 2 is 1.85 bits per heavy atom. The second kappa shape index (κ2) is 8.60. The summed E-state index contributed by atoms with van der Waals surface area (Å²) in [4.78, 5) is 13.5. The number of benzene rings is 2. The number of hydrogen-bond acceptors (Lipinski definition) is 3.